The summed E-state index contributed by atoms with van der Waals surface area (Å²) in [6.07, 6.45) is 5.11. The van der Waals surface area contributed by atoms with E-state index in [0.29, 0.717) is 11.4 Å². The van der Waals surface area contributed by atoms with Crippen molar-refractivity contribution in [2.75, 3.05) is 5.32 Å². The van der Waals surface area contributed by atoms with E-state index in [1.807, 2.05) is 36.5 Å². The number of benzene rings is 1. The van der Waals surface area contributed by atoms with Crippen molar-refractivity contribution in [3.63, 3.8) is 0 Å². The molecule has 5 heteroatoms. The second-order valence-electron chi connectivity index (χ2n) is 4.14. The molecule has 0 aliphatic carbocycles. The van der Waals surface area contributed by atoms with Gasteiger partial charge in [-0.2, -0.15) is 5.10 Å². The largest absolute Gasteiger partial charge is 0.319 e. The maximum absolute atomic E-state index is 12.1. The fourth-order valence-electron chi connectivity index (χ4n) is 1.87. The van der Waals surface area contributed by atoms with Crippen molar-refractivity contribution in [3.05, 3.63) is 72.8 Å². The fraction of sp³-hybridized carbons (Fsp3) is 0. The zero-order valence-corrected chi connectivity index (χ0v) is 10.6. The lowest BCUT2D eigenvalue weighted by atomic mass is 10.2. The van der Waals surface area contributed by atoms with Crippen LogP contribution in [0.3, 0.4) is 0 Å². The van der Waals surface area contributed by atoms with Crippen LogP contribution >= 0.6 is 0 Å². The quantitative estimate of drug-likeness (QED) is 0.790. The lowest BCUT2D eigenvalue weighted by Gasteiger charge is -2.10. The third kappa shape index (κ3) is 2.42. The van der Waals surface area contributed by atoms with Crippen LogP contribution in [0.2, 0.25) is 0 Å². The van der Waals surface area contributed by atoms with Gasteiger partial charge in [-0.25, -0.2) is 4.68 Å². The first kappa shape index (κ1) is 12.1. The predicted octanol–water partition coefficient (Wildman–Crippen LogP) is 2.52. The van der Waals surface area contributed by atoms with Gasteiger partial charge in [-0.3, -0.25) is 9.78 Å². The van der Waals surface area contributed by atoms with Gasteiger partial charge in [0.25, 0.3) is 5.91 Å². The second kappa shape index (κ2) is 5.36. The number of pyridine rings is 1. The molecule has 0 bridgehead atoms. The molecule has 1 aromatic carbocycles. The van der Waals surface area contributed by atoms with Crippen LogP contribution < -0.4 is 5.32 Å². The number of carbonyl (C=O) groups excluding carboxylic acids is 1. The van der Waals surface area contributed by atoms with Crippen LogP contribution in [0.1, 0.15) is 10.5 Å². The third-order valence-electron chi connectivity index (χ3n) is 2.80. The number of para-hydroxylation sites is 2. The van der Waals surface area contributed by atoms with Crippen molar-refractivity contribution in [2.24, 2.45) is 0 Å². The van der Waals surface area contributed by atoms with Crippen LogP contribution in [0.25, 0.3) is 5.69 Å². The summed E-state index contributed by atoms with van der Waals surface area (Å²) < 4.78 is 1.70. The first-order chi connectivity index (χ1) is 9.84. The van der Waals surface area contributed by atoms with E-state index in [-0.39, 0.29) is 5.91 Å². The molecule has 0 saturated carbocycles. The van der Waals surface area contributed by atoms with Gasteiger partial charge in [0.15, 0.2) is 0 Å². The predicted molar refractivity (Wildman–Crippen MR) is 75.8 cm³/mol. The molecule has 0 atom stereocenters. The Bertz CT molecular complexity index is 708. The summed E-state index contributed by atoms with van der Waals surface area (Å²) in [7, 11) is 0. The minimum Gasteiger partial charge on any atom is -0.319 e. The van der Waals surface area contributed by atoms with Gasteiger partial charge in [-0.05, 0) is 30.3 Å². The fourth-order valence-corrected chi connectivity index (χ4v) is 1.87. The van der Waals surface area contributed by atoms with Gasteiger partial charge in [0.2, 0.25) is 0 Å². The summed E-state index contributed by atoms with van der Waals surface area (Å²) in [5.74, 6) is -0.245. The van der Waals surface area contributed by atoms with E-state index < -0.39 is 0 Å². The number of anilines is 1. The molecule has 0 saturated heterocycles. The number of rotatable bonds is 3. The van der Waals surface area contributed by atoms with Crippen molar-refractivity contribution >= 4 is 11.6 Å². The topological polar surface area (TPSA) is 59.8 Å². The first-order valence-electron chi connectivity index (χ1n) is 6.16. The molecule has 1 amide bonds. The van der Waals surface area contributed by atoms with Crippen LogP contribution in [-0.2, 0) is 0 Å². The molecule has 5 nitrogen and oxygen atoms in total. The summed E-state index contributed by atoms with van der Waals surface area (Å²) in [5, 5.41) is 7.03. The Morgan fingerprint density at radius 3 is 2.60 bits per heavy atom. The van der Waals surface area contributed by atoms with E-state index in [2.05, 4.69) is 15.4 Å². The van der Waals surface area contributed by atoms with Gasteiger partial charge in [0.05, 0.1) is 11.4 Å². The first-order valence-corrected chi connectivity index (χ1v) is 6.16. The zero-order chi connectivity index (χ0) is 13.8. The lowest BCUT2D eigenvalue weighted by Crippen LogP contribution is -2.15. The van der Waals surface area contributed by atoms with Crippen molar-refractivity contribution in [3.8, 4) is 5.69 Å². The molecular weight excluding hydrogens is 252 g/mol. The highest BCUT2D eigenvalue weighted by Gasteiger charge is 2.10. The number of nitrogens with one attached hydrogen (secondary N) is 1. The minimum absolute atomic E-state index is 0.245. The van der Waals surface area contributed by atoms with E-state index in [9.17, 15) is 4.79 Å². The summed E-state index contributed by atoms with van der Waals surface area (Å²) >= 11 is 0. The number of aromatic nitrogens is 3. The average molecular weight is 264 g/mol. The van der Waals surface area contributed by atoms with Gasteiger partial charge in [-0.15, -0.1) is 0 Å². The Morgan fingerprint density at radius 2 is 1.85 bits per heavy atom. The maximum Gasteiger partial charge on any atom is 0.274 e. The van der Waals surface area contributed by atoms with E-state index in [0.717, 1.165) is 5.69 Å². The molecule has 0 aliphatic heterocycles. The van der Waals surface area contributed by atoms with Crippen molar-refractivity contribution in [1.29, 1.82) is 0 Å². The Kier molecular flexibility index (Phi) is 3.24. The monoisotopic (exact) mass is 264 g/mol. The number of hydrogen-bond acceptors (Lipinski definition) is 3. The molecule has 98 valence electrons. The number of hydrogen-bond donors (Lipinski definition) is 1. The highest BCUT2D eigenvalue weighted by Crippen LogP contribution is 2.19. The van der Waals surface area contributed by atoms with Crippen molar-refractivity contribution in [1.82, 2.24) is 14.8 Å². The van der Waals surface area contributed by atoms with Crippen molar-refractivity contribution < 1.29 is 4.79 Å². The van der Waals surface area contributed by atoms with E-state index in [4.69, 9.17) is 0 Å². The van der Waals surface area contributed by atoms with Crippen LogP contribution in [0.5, 0.6) is 0 Å². The molecule has 2 heterocycles. The molecule has 2 aromatic heterocycles. The Balaban J connectivity index is 1.90. The van der Waals surface area contributed by atoms with Crippen LogP contribution in [0.15, 0.2) is 67.1 Å². The van der Waals surface area contributed by atoms with Gasteiger partial charge in [0, 0.05) is 18.6 Å². The van der Waals surface area contributed by atoms with Gasteiger partial charge in [0.1, 0.15) is 5.69 Å². The van der Waals surface area contributed by atoms with Crippen LogP contribution in [-0.4, -0.2) is 20.7 Å². The van der Waals surface area contributed by atoms with Gasteiger partial charge < -0.3 is 5.32 Å². The SMILES string of the molecule is O=C(Nc1ccccc1-n1cccn1)c1ccccn1. The smallest absolute Gasteiger partial charge is 0.274 e. The normalized spacial score (nSPS) is 10.2. The summed E-state index contributed by atoms with van der Waals surface area (Å²) in [6.45, 7) is 0. The number of carbonyl (C=O) groups is 1. The van der Waals surface area contributed by atoms with Gasteiger partial charge >= 0.3 is 0 Å². The molecule has 0 unspecified atom stereocenters. The highest BCUT2D eigenvalue weighted by molar-refractivity contribution is 6.03. The molecular formula is C15H12N4O. The highest BCUT2D eigenvalue weighted by atomic mass is 16.1. The Morgan fingerprint density at radius 1 is 1.00 bits per heavy atom. The standard InChI is InChI=1S/C15H12N4O/c20-15(13-7-3-4-9-16-13)18-12-6-1-2-8-14(12)19-11-5-10-17-19/h1-11H,(H,18,20). The number of nitrogens with zero attached hydrogens (tertiary/aromatic N) is 3. The van der Waals surface area contributed by atoms with E-state index in [1.54, 1.807) is 35.3 Å². The third-order valence-corrected chi connectivity index (χ3v) is 2.80. The van der Waals surface area contributed by atoms with Gasteiger partial charge in [-0.1, -0.05) is 18.2 Å². The summed E-state index contributed by atoms with van der Waals surface area (Å²) in [6, 6.07) is 14.5. The van der Waals surface area contributed by atoms with E-state index in [1.165, 1.54) is 0 Å². The van der Waals surface area contributed by atoms with E-state index >= 15 is 0 Å². The summed E-state index contributed by atoms with van der Waals surface area (Å²) in [4.78, 5) is 16.2. The van der Waals surface area contributed by atoms with Crippen molar-refractivity contribution in [2.45, 2.75) is 0 Å². The molecule has 0 radical (unpaired) electrons. The van der Waals surface area contributed by atoms with Crippen LogP contribution in [0.4, 0.5) is 5.69 Å². The maximum atomic E-state index is 12.1. The Labute approximate surface area is 115 Å². The molecule has 0 aliphatic rings. The Hall–Kier alpha value is -2.95. The van der Waals surface area contributed by atoms with Crippen LogP contribution in [0, 0.1) is 0 Å². The average Bonchev–Trinajstić information content (AvgIpc) is 3.03. The molecule has 0 fully saturated rings. The summed E-state index contributed by atoms with van der Waals surface area (Å²) in [5.41, 5.74) is 1.87. The molecule has 20 heavy (non-hydrogen) atoms. The second-order valence-corrected chi connectivity index (χ2v) is 4.14. The molecule has 0 spiro atoms. The molecule has 3 aromatic rings. The zero-order valence-electron chi connectivity index (χ0n) is 10.6. The molecule has 3 rings (SSSR count). The minimum atomic E-state index is -0.245. The lowest BCUT2D eigenvalue weighted by molar-refractivity contribution is 0.102. The molecule has 1 N–H and O–H groups in total. The number of amides is 1.